The van der Waals surface area contributed by atoms with Gasteiger partial charge >= 0.3 is 5.97 Å². The Labute approximate surface area is 79.9 Å². The van der Waals surface area contributed by atoms with Crippen LogP contribution in [0.3, 0.4) is 0 Å². The summed E-state index contributed by atoms with van der Waals surface area (Å²) in [6.07, 6.45) is 3.46. The second kappa shape index (κ2) is 6.66. The van der Waals surface area contributed by atoms with Crippen LogP contribution in [0.4, 0.5) is 0 Å². The first kappa shape index (κ1) is 12.2. The summed E-state index contributed by atoms with van der Waals surface area (Å²) in [4.78, 5) is 11.3. The van der Waals surface area contributed by atoms with Crippen LogP contribution in [0.5, 0.6) is 0 Å². The summed E-state index contributed by atoms with van der Waals surface area (Å²) in [5, 5.41) is 0. The highest BCUT2D eigenvalue weighted by Crippen LogP contribution is 2.05. The van der Waals surface area contributed by atoms with Crippen LogP contribution >= 0.6 is 0 Å². The molecule has 0 aliphatic heterocycles. The third-order valence-corrected chi connectivity index (χ3v) is 1.83. The largest absolute Gasteiger partial charge is 0.465 e. The van der Waals surface area contributed by atoms with E-state index in [-0.39, 0.29) is 17.9 Å². The number of hydrogen-bond acceptors (Lipinski definition) is 3. The van der Waals surface area contributed by atoms with E-state index in [9.17, 15) is 4.79 Å². The number of hydrogen-bond donors (Lipinski definition) is 1. The Hall–Kier alpha value is -0.830. The van der Waals surface area contributed by atoms with Crippen LogP contribution < -0.4 is 5.73 Å². The van der Waals surface area contributed by atoms with Crippen molar-refractivity contribution in [1.82, 2.24) is 0 Å². The zero-order valence-electron chi connectivity index (χ0n) is 8.45. The lowest BCUT2D eigenvalue weighted by Crippen LogP contribution is -2.32. The maximum atomic E-state index is 11.3. The molecule has 2 atom stereocenters. The van der Waals surface area contributed by atoms with E-state index in [0.717, 1.165) is 12.8 Å². The van der Waals surface area contributed by atoms with Crippen LogP contribution in [0.1, 0.15) is 26.7 Å². The molecule has 2 N–H and O–H groups in total. The maximum absolute atomic E-state index is 11.3. The van der Waals surface area contributed by atoms with Gasteiger partial charge in [-0.25, -0.2) is 0 Å². The SMILES string of the molecule is C=CC(C(=O)OCCCC)C(C)N. The van der Waals surface area contributed by atoms with Crippen LogP contribution in [0.25, 0.3) is 0 Å². The van der Waals surface area contributed by atoms with Crippen LogP contribution in [0, 0.1) is 5.92 Å². The van der Waals surface area contributed by atoms with Gasteiger partial charge in [-0.1, -0.05) is 19.4 Å². The molecule has 0 amide bonds. The van der Waals surface area contributed by atoms with E-state index in [0.29, 0.717) is 6.61 Å². The first-order valence-electron chi connectivity index (χ1n) is 4.68. The van der Waals surface area contributed by atoms with Crippen molar-refractivity contribution in [2.75, 3.05) is 6.61 Å². The number of unbranched alkanes of at least 4 members (excludes halogenated alkanes) is 1. The topological polar surface area (TPSA) is 52.3 Å². The van der Waals surface area contributed by atoms with Crippen LogP contribution in [0.2, 0.25) is 0 Å². The van der Waals surface area contributed by atoms with Crippen LogP contribution in [0.15, 0.2) is 12.7 Å². The number of carbonyl (C=O) groups is 1. The summed E-state index contributed by atoms with van der Waals surface area (Å²) in [6.45, 7) is 7.85. The Morgan fingerprint density at radius 3 is 2.69 bits per heavy atom. The van der Waals surface area contributed by atoms with Gasteiger partial charge in [-0.2, -0.15) is 0 Å². The van der Waals surface area contributed by atoms with Crippen molar-refractivity contribution in [2.45, 2.75) is 32.7 Å². The minimum absolute atomic E-state index is 0.230. The fraction of sp³-hybridized carbons (Fsp3) is 0.700. The first-order valence-corrected chi connectivity index (χ1v) is 4.68. The maximum Gasteiger partial charge on any atom is 0.314 e. The van der Waals surface area contributed by atoms with Gasteiger partial charge in [0.15, 0.2) is 0 Å². The van der Waals surface area contributed by atoms with Crippen LogP contribution in [-0.2, 0) is 9.53 Å². The van der Waals surface area contributed by atoms with Crippen molar-refractivity contribution in [3.8, 4) is 0 Å². The quantitative estimate of drug-likeness (QED) is 0.387. The van der Waals surface area contributed by atoms with Gasteiger partial charge in [0.25, 0.3) is 0 Å². The fourth-order valence-corrected chi connectivity index (χ4v) is 0.939. The molecule has 0 aromatic carbocycles. The summed E-state index contributed by atoms with van der Waals surface area (Å²) in [5.74, 6) is -0.643. The highest BCUT2D eigenvalue weighted by molar-refractivity contribution is 5.75. The summed E-state index contributed by atoms with van der Waals surface area (Å²) in [6, 6.07) is -0.230. The third kappa shape index (κ3) is 4.68. The molecule has 0 spiro atoms. The standard InChI is InChI=1S/C10H19NO2/c1-4-6-7-13-10(12)9(5-2)8(3)11/h5,8-9H,2,4,6-7,11H2,1,3H3. The average molecular weight is 185 g/mol. The van der Waals surface area contributed by atoms with Crippen molar-refractivity contribution >= 4 is 5.97 Å². The van der Waals surface area contributed by atoms with E-state index >= 15 is 0 Å². The fourth-order valence-electron chi connectivity index (χ4n) is 0.939. The molecule has 0 aliphatic carbocycles. The Kier molecular flexibility index (Phi) is 6.24. The van der Waals surface area contributed by atoms with Gasteiger partial charge in [-0.15, -0.1) is 6.58 Å². The second-order valence-corrected chi connectivity index (χ2v) is 3.14. The lowest BCUT2D eigenvalue weighted by molar-refractivity contribution is -0.147. The monoisotopic (exact) mass is 185 g/mol. The molecule has 0 saturated carbocycles. The number of carbonyl (C=O) groups excluding carboxylic acids is 1. The van der Waals surface area contributed by atoms with Crippen LogP contribution in [-0.4, -0.2) is 18.6 Å². The van der Waals surface area contributed by atoms with Gasteiger partial charge in [0.1, 0.15) is 0 Å². The minimum atomic E-state index is -0.378. The molecule has 0 rings (SSSR count). The zero-order chi connectivity index (χ0) is 10.3. The highest BCUT2D eigenvalue weighted by Gasteiger charge is 2.19. The molecule has 0 bridgehead atoms. The smallest absolute Gasteiger partial charge is 0.314 e. The zero-order valence-corrected chi connectivity index (χ0v) is 8.45. The molecule has 0 heterocycles. The summed E-state index contributed by atoms with van der Waals surface area (Å²) >= 11 is 0. The number of ether oxygens (including phenoxy) is 1. The minimum Gasteiger partial charge on any atom is -0.465 e. The van der Waals surface area contributed by atoms with Crippen molar-refractivity contribution in [2.24, 2.45) is 11.7 Å². The lowest BCUT2D eigenvalue weighted by atomic mass is 10.0. The van der Waals surface area contributed by atoms with Gasteiger partial charge < -0.3 is 10.5 Å². The van der Waals surface area contributed by atoms with E-state index in [4.69, 9.17) is 10.5 Å². The number of rotatable bonds is 6. The molecule has 0 radical (unpaired) electrons. The number of esters is 1. The lowest BCUT2D eigenvalue weighted by Gasteiger charge is -2.14. The van der Waals surface area contributed by atoms with Gasteiger partial charge in [0, 0.05) is 6.04 Å². The molecule has 0 aromatic rings. The van der Waals surface area contributed by atoms with Crippen molar-refractivity contribution in [3.05, 3.63) is 12.7 Å². The Morgan fingerprint density at radius 2 is 2.31 bits per heavy atom. The van der Waals surface area contributed by atoms with E-state index in [1.165, 1.54) is 0 Å². The Morgan fingerprint density at radius 1 is 1.69 bits per heavy atom. The number of nitrogens with two attached hydrogens (primary N) is 1. The molecule has 0 fully saturated rings. The predicted molar refractivity (Wildman–Crippen MR) is 53.2 cm³/mol. The van der Waals surface area contributed by atoms with Crippen molar-refractivity contribution in [1.29, 1.82) is 0 Å². The van der Waals surface area contributed by atoms with E-state index in [2.05, 4.69) is 6.58 Å². The Bertz CT molecular complexity index is 166. The molecule has 13 heavy (non-hydrogen) atoms. The van der Waals surface area contributed by atoms with E-state index in [1.807, 2.05) is 6.92 Å². The normalized spacial score (nSPS) is 14.7. The van der Waals surface area contributed by atoms with Gasteiger partial charge in [0.05, 0.1) is 12.5 Å². The average Bonchev–Trinajstić information content (AvgIpc) is 2.05. The predicted octanol–water partition coefficient (Wildman–Crippen LogP) is 1.48. The molecule has 3 heteroatoms. The second-order valence-electron chi connectivity index (χ2n) is 3.14. The molecule has 2 unspecified atom stereocenters. The molecule has 0 aromatic heterocycles. The first-order chi connectivity index (χ1) is 6.13. The van der Waals surface area contributed by atoms with Crippen molar-refractivity contribution in [3.63, 3.8) is 0 Å². The van der Waals surface area contributed by atoms with Crippen molar-refractivity contribution < 1.29 is 9.53 Å². The summed E-state index contributed by atoms with van der Waals surface area (Å²) < 4.78 is 5.01. The van der Waals surface area contributed by atoms with E-state index < -0.39 is 0 Å². The molecule has 0 aliphatic rings. The summed E-state index contributed by atoms with van der Waals surface area (Å²) in [5.41, 5.74) is 5.58. The molecule has 3 nitrogen and oxygen atoms in total. The Balaban J connectivity index is 3.85. The highest BCUT2D eigenvalue weighted by atomic mass is 16.5. The summed E-state index contributed by atoms with van der Waals surface area (Å²) in [7, 11) is 0. The molecular weight excluding hydrogens is 166 g/mol. The van der Waals surface area contributed by atoms with E-state index in [1.54, 1.807) is 13.0 Å². The molecule has 76 valence electrons. The third-order valence-electron chi connectivity index (χ3n) is 1.83. The molecule has 0 saturated heterocycles. The van der Waals surface area contributed by atoms with Gasteiger partial charge in [0.2, 0.25) is 0 Å². The van der Waals surface area contributed by atoms with Gasteiger partial charge in [-0.05, 0) is 13.3 Å². The molecular formula is C10H19NO2. The van der Waals surface area contributed by atoms with Gasteiger partial charge in [-0.3, -0.25) is 4.79 Å².